The highest BCUT2D eigenvalue weighted by Gasteiger charge is 2.32. The van der Waals surface area contributed by atoms with Crippen LogP contribution in [0, 0.1) is 0 Å². The van der Waals surface area contributed by atoms with Crippen molar-refractivity contribution in [3.63, 3.8) is 0 Å². The lowest BCUT2D eigenvalue weighted by atomic mass is 10.2. The van der Waals surface area contributed by atoms with Crippen molar-refractivity contribution in [2.24, 2.45) is 0 Å². The quantitative estimate of drug-likeness (QED) is 0.645. The largest absolute Gasteiger partial charge is 0.573 e. The van der Waals surface area contributed by atoms with Gasteiger partial charge in [0.05, 0.1) is 0 Å². The monoisotopic (exact) mass is 422 g/mol. The highest BCUT2D eigenvalue weighted by atomic mass is 19.4. The summed E-state index contributed by atoms with van der Waals surface area (Å²) in [6, 6.07) is 10.3. The van der Waals surface area contributed by atoms with E-state index < -0.39 is 30.9 Å². The molecule has 0 heterocycles. The number of benzene rings is 2. The van der Waals surface area contributed by atoms with Crippen molar-refractivity contribution in [1.82, 2.24) is 10.6 Å². The van der Waals surface area contributed by atoms with Gasteiger partial charge in [0.1, 0.15) is 11.5 Å². The molecule has 2 aromatic rings. The summed E-state index contributed by atoms with van der Waals surface area (Å²) >= 11 is 0. The molecule has 2 amide bonds. The number of nitrogens with one attached hydrogen (secondary N) is 2. The van der Waals surface area contributed by atoms with E-state index in [4.69, 9.17) is 0 Å². The Balaban J connectivity index is 1.85. The van der Waals surface area contributed by atoms with Crippen molar-refractivity contribution in [2.45, 2.75) is 25.6 Å². The maximum Gasteiger partial charge on any atom is 0.573 e. The number of carbonyl (C=O) groups excluding carboxylic acids is 1. The molecule has 0 aliphatic rings. The van der Waals surface area contributed by atoms with Crippen LogP contribution < -0.4 is 20.1 Å². The summed E-state index contributed by atoms with van der Waals surface area (Å²) in [5, 5.41) is 4.82. The number of alkyl halides is 6. The van der Waals surface area contributed by atoms with Gasteiger partial charge < -0.3 is 20.1 Å². The maximum absolute atomic E-state index is 12.4. The second kappa shape index (κ2) is 9.39. The molecule has 11 heteroatoms. The van der Waals surface area contributed by atoms with E-state index in [1.54, 1.807) is 6.07 Å². The third-order valence-electron chi connectivity index (χ3n) is 3.39. The van der Waals surface area contributed by atoms with Gasteiger partial charge in [0.25, 0.3) is 0 Å². The van der Waals surface area contributed by atoms with Gasteiger partial charge in [-0.3, -0.25) is 0 Å². The Labute approximate surface area is 161 Å². The summed E-state index contributed by atoms with van der Waals surface area (Å²) < 4.78 is 82.2. The van der Waals surface area contributed by atoms with E-state index in [2.05, 4.69) is 20.1 Å². The Morgan fingerprint density at radius 3 is 2.28 bits per heavy atom. The molecule has 0 aromatic heterocycles. The molecular formula is C18H16F6N2O3. The average molecular weight is 422 g/mol. The Bertz CT molecular complexity index is 824. The molecule has 0 atom stereocenters. The van der Waals surface area contributed by atoms with Crippen LogP contribution in [0.4, 0.5) is 31.1 Å². The van der Waals surface area contributed by atoms with Gasteiger partial charge in [-0.1, -0.05) is 30.3 Å². The van der Waals surface area contributed by atoms with Gasteiger partial charge in [0.2, 0.25) is 0 Å². The molecule has 5 nitrogen and oxygen atoms in total. The first-order chi connectivity index (χ1) is 13.5. The molecule has 2 aromatic carbocycles. The zero-order valence-corrected chi connectivity index (χ0v) is 14.7. The molecule has 0 aliphatic heterocycles. The normalized spacial score (nSPS) is 11.7. The number of halogens is 6. The topological polar surface area (TPSA) is 59.6 Å². The van der Waals surface area contributed by atoms with Gasteiger partial charge in [-0.15, -0.1) is 13.2 Å². The molecule has 2 rings (SSSR count). The van der Waals surface area contributed by atoms with Gasteiger partial charge in [-0.25, -0.2) is 4.79 Å². The fourth-order valence-electron chi connectivity index (χ4n) is 2.20. The maximum atomic E-state index is 12.4. The average Bonchev–Trinajstić information content (AvgIpc) is 2.62. The lowest BCUT2D eigenvalue weighted by Gasteiger charge is -2.14. The van der Waals surface area contributed by atoms with Crippen LogP contribution in [0.25, 0.3) is 0 Å². The number of ether oxygens (including phenoxy) is 2. The van der Waals surface area contributed by atoms with Crippen LogP contribution >= 0.6 is 0 Å². The van der Waals surface area contributed by atoms with Crippen molar-refractivity contribution in [1.29, 1.82) is 0 Å². The summed E-state index contributed by atoms with van der Waals surface area (Å²) in [5.74, 6) is -0.449. The predicted molar refractivity (Wildman–Crippen MR) is 90.2 cm³/mol. The molecule has 0 saturated heterocycles. The van der Waals surface area contributed by atoms with Crippen LogP contribution in [-0.4, -0.2) is 25.2 Å². The van der Waals surface area contributed by atoms with E-state index >= 15 is 0 Å². The number of hydrogen-bond donors (Lipinski definition) is 2. The Morgan fingerprint density at radius 2 is 1.59 bits per heavy atom. The Morgan fingerprint density at radius 1 is 0.897 bits per heavy atom. The number of rotatable bonds is 7. The summed E-state index contributed by atoms with van der Waals surface area (Å²) in [6.45, 7) is -1.70. The van der Waals surface area contributed by atoms with Crippen molar-refractivity contribution >= 4 is 6.03 Å². The number of urea groups is 1. The molecule has 0 spiro atoms. The van der Waals surface area contributed by atoms with Gasteiger partial charge in [-0.05, 0) is 23.8 Å². The summed E-state index contributed by atoms with van der Waals surface area (Å²) in [4.78, 5) is 11.9. The first-order valence-electron chi connectivity index (χ1n) is 8.16. The number of hydrogen-bond acceptors (Lipinski definition) is 3. The molecule has 0 radical (unpaired) electrons. The molecule has 29 heavy (non-hydrogen) atoms. The molecule has 0 bridgehead atoms. The van der Waals surface area contributed by atoms with Crippen LogP contribution in [0.1, 0.15) is 11.1 Å². The van der Waals surface area contributed by atoms with E-state index in [9.17, 15) is 31.1 Å². The molecule has 0 saturated carbocycles. The van der Waals surface area contributed by atoms with Gasteiger partial charge in [0.15, 0.2) is 6.61 Å². The van der Waals surface area contributed by atoms with Crippen LogP contribution in [-0.2, 0) is 13.1 Å². The smallest absolute Gasteiger partial charge is 0.484 e. The van der Waals surface area contributed by atoms with Crippen molar-refractivity contribution < 1.29 is 40.6 Å². The minimum Gasteiger partial charge on any atom is -0.484 e. The van der Waals surface area contributed by atoms with E-state index in [-0.39, 0.29) is 24.4 Å². The molecule has 0 unspecified atom stereocenters. The van der Waals surface area contributed by atoms with Crippen LogP contribution in [0.2, 0.25) is 0 Å². The van der Waals surface area contributed by atoms with Crippen LogP contribution in [0.15, 0.2) is 48.5 Å². The van der Waals surface area contributed by atoms with E-state index in [1.165, 1.54) is 36.4 Å². The second-order valence-corrected chi connectivity index (χ2v) is 5.74. The number of carbonyl (C=O) groups is 1. The van der Waals surface area contributed by atoms with E-state index in [0.29, 0.717) is 5.56 Å². The second-order valence-electron chi connectivity index (χ2n) is 5.74. The zero-order valence-electron chi connectivity index (χ0n) is 14.7. The standard InChI is InChI=1S/C18H16F6N2O3/c19-17(20,21)11-28-14-6-3-4-12(8-14)9-25-16(27)26-10-13-5-1-2-7-15(13)29-18(22,23)24/h1-8H,9-11H2,(H2,25,26,27). The van der Waals surface area contributed by atoms with Crippen LogP contribution in [0.5, 0.6) is 11.5 Å². The first kappa shape index (κ1) is 22.2. The molecule has 158 valence electrons. The number of para-hydroxylation sites is 1. The van der Waals surface area contributed by atoms with Crippen molar-refractivity contribution in [3.05, 3.63) is 59.7 Å². The molecular weight excluding hydrogens is 406 g/mol. The summed E-state index contributed by atoms with van der Waals surface area (Å²) in [7, 11) is 0. The van der Waals surface area contributed by atoms with Gasteiger partial charge in [-0.2, -0.15) is 13.2 Å². The fraction of sp³-hybridized carbons (Fsp3) is 0.278. The summed E-state index contributed by atoms with van der Waals surface area (Å²) in [5.41, 5.74) is 0.586. The third kappa shape index (κ3) is 8.62. The Kier molecular flexibility index (Phi) is 7.18. The lowest BCUT2D eigenvalue weighted by molar-refractivity contribution is -0.274. The van der Waals surface area contributed by atoms with Crippen LogP contribution in [0.3, 0.4) is 0 Å². The third-order valence-corrected chi connectivity index (χ3v) is 3.39. The highest BCUT2D eigenvalue weighted by molar-refractivity contribution is 5.73. The minimum atomic E-state index is -4.86. The first-order valence-corrected chi connectivity index (χ1v) is 8.16. The zero-order chi connectivity index (χ0) is 21.5. The number of amides is 2. The van der Waals surface area contributed by atoms with Gasteiger partial charge in [0, 0.05) is 18.7 Å². The van der Waals surface area contributed by atoms with Gasteiger partial charge >= 0.3 is 18.6 Å². The molecule has 0 aliphatic carbocycles. The SMILES string of the molecule is O=C(NCc1cccc(OCC(F)(F)F)c1)NCc1ccccc1OC(F)(F)F. The van der Waals surface area contributed by atoms with Crippen molar-refractivity contribution in [3.8, 4) is 11.5 Å². The highest BCUT2D eigenvalue weighted by Crippen LogP contribution is 2.26. The fourth-order valence-corrected chi connectivity index (χ4v) is 2.20. The lowest BCUT2D eigenvalue weighted by Crippen LogP contribution is -2.34. The minimum absolute atomic E-state index is 0.0136. The Hall–Kier alpha value is -3.11. The predicted octanol–water partition coefficient (Wildman–Crippen LogP) is 4.53. The van der Waals surface area contributed by atoms with E-state index in [1.807, 2.05) is 0 Å². The molecule has 2 N–H and O–H groups in total. The summed E-state index contributed by atoms with van der Waals surface area (Å²) in [6.07, 6.45) is -9.34. The molecule has 0 fully saturated rings. The van der Waals surface area contributed by atoms with Crippen molar-refractivity contribution in [2.75, 3.05) is 6.61 Å². The van der Waals surface area contributed by atoms with E-state index in [0.717, 1.165) is 6.07 Å².